The first-order valence-corrected chi connectivity index (χ1v) is 42.4. The third-order valence-electron chi connectivity index (χ3n) is 25.1. The fourth-order valence-electron chi connectivity index (χ4n) is 18.7. The lowest BCUT2D eigenvalue weighted by molar-refractivity contribution is 0.00578. The van der Waals surface area contributed by atoms with Gasteiger partial charge in [-0.3, -0.25) is 0 Å². The fourth-order valence-corrected chi connectivity index (χ4v) is 19.1. The van der Waals surface area contributed by atoms with E-state index in [-0.39, 0.29) is 7.43 Å². The molecule has 1 saturated heterocycles. The number of nitrogens with zero attached hydrogens (tertiary/aromatic N) is 3. The maximum Gasteiger partial charge on any atom is 0.498 e. The van der Waals surface area contributed by atoms with Gasteiger partial charge in [0.2, 0.25) is 0 Å². The van der Waals surface area contributed by atoms with Crippen molar-refractivity contribution in [2.45, 2.75) is 49.7 Å². The van der Waals surface area contributed by atoms with Crippen molar-refractivity contribution < 1.29 is 18.1 Å². The number of rotatable bonds is 12. The molecule has 23 rings (SSSR count). The second-order valence-corrected chi connectivity index (χ2v) is 33.6. The molecule has 1 aliphatic heterocycles. The minimum Gasteiger partial charge on any atom is -0.456 e. The molecule has 0 saturated carbocycles. The summed E-state index contributed by atoms with van der Waals surface area (Å²) in [6.45, 7) is 8.34. The molecule has 0 unspecified atom stereocenters. The van der Waals surface area contributed by atoms with Crippen LogP contribution >= 0.6 is 15.9 Å². The summed E-state index contributed by atoms with van der Waals surface area (Å²) in [4.78, 5) is 14.1. The molecule has 17 aromatic carbocycles. The van der Waals surface area contributed by atoms with E-state index in [0.29, 0.717) is 17.5 Å². The summed E-state index contributed by atoms with van der Waals surface area (Å²) in [6.07, 6.45) is 0. The average Bonchev–Trinajstić information content (AvgIpc) is 1.54. The molecular weight excluding hydrogens is 1570 g/mol. The van der Waals surface area contributed by atoms with Crippen LogP contribution in [0, 0.1) is 7.43 Å². The van der Waals surface area contributed by atoms with Crippen molar-refractivity contribution in [2.24, 2.45) is 0 Å². The van der Waals surface area contributed by atoms with Gasteiger partial charge in [-0.05, 0) is 194 Å². The monoisotopic (exact) mass is 1650 g/mol. The average molecular weight is 1650 g/mol. The number of halogens is 1. The van der Waals surface area contributed by atoms with E-state index < -0.39 is 29.2 Å². The van der Waals surface area contributed by atoms with Crippen molar-refractivity contribution >= 4 is 72.4 Å². The number of aromatic nitrogens is 3. The molecule has 0 bridgehead atoms. The number of hydrogen-bond donors (Lipinski definition) is 0. The Bertz CT molecular complexity index is 7120. The quantitative estimate of drug-likeness (QED) is 0.0890. The minimum atomic E-state index is -0.496. The molecule has 3 aromatic heterocycles. The summed E-state index contributed by atoms with van der Waals surface area (Å²) in [5.74, 6) is 2.00. The summed E-state index contributed by atoms with van der Waals surface area (Å²) in [5, 5.41) is 4.43. The van der Waals surface area contributed by atoms with Crippen LogP contribution in [0.4, 0.5) is 0 Å². The molecule has 3 aliphatic rings. The Morgan fingerprint density at radius 3 is 1.02 bits per heavy atom. The lowest BCUT2D eigenvalue weighted by Crippen LogP contribution is -2.41. The third kappa shape index (κ3) is 13.5. The molecule has 2 aliphatic carbocycles. The summed E-state index contributed by atoms with van der Waals surface area (Å²) >= 11 is 3.52. The van der Waals surface area contributed by atoms with Crippen LogP contribution in [0.3, 0.4) is 0 Å². The van der Waals surface area contributed by atoms with Gasteiger partial charge in [-0.25, -0.2) is 15.0 Å². The second-order valence-electron chi connectivity index (χ2n) is 32.7. The summed E-state index contributed by atoms with van der Waals surface area (Å²) in [7, 11) is -0.496. The maximum absolute atomic E-state index is 7.03. The smallest absolute Gasteiger partial charge is 0.456 e. The zero-order chi connectivity index (χ0) is 82.1. The van der Waals surface area contributed by atoms with Crippen LogP contribution in [0.25, 0.3) is 145 Å². The lowest BCUT2D eigenvalue weighted by atomic mass is 9.67. The Morgan fingerprint density at radius 1 is 0.244 bits per heavy atom. The Balaban J connectivity index is 0.000000126. The highest BCUT2D eigenvalue weighted by atomic mass is 79.9. The van der Waals surface area contributed by atoms with E-state index in [4.69, 9.17) is 28.1 Å². The first-order chi connectivity index (χ1) is 59.9. The van der Waals surface area contributed by atoms with Gasteiger partial charge in [0.05, 0.1) is 22.0 Å². The molecule has 0 atom stereocenters. The minimum absolute atomic E-state index is 0. The van der Waals surface area contributed by atoms with Crippen molar-refractivity contribution in [2.75, 3.05) is 0 Å². The fraction of sp³-hybridized carbons (Fsp3) is 0.0702. The number of para-hydroxylation sites is 2. The van der Waals surface area contributed by atoms with Crippen LogP contribution in [0.2, 0.25) is 0 Å². The normalized spacial score (nSPS) is 14.0. The van der Waals surface area contributed by atoms with E-state index >= 15 is 0 Å². The molecule has 4 heterocycles. The molecule has 0 radical (unpaired) electrons. The Hall–Kier alpha value is -14.2. The van der Waals surface area contributed by atoms with E-state index in [2.05, 4.69) is 382 Å². The highest BCUT2D eigenvalue weighted by Gasteiger charge is 2.53. The zero-order valence-corrected chi connectivity index (χ0v) is 70.4. The van der Waals surface area contributed by atoms with Crippen LogP contribution in [0.15, 0.2) is 432 Å². The van der Waals surface area contributed by atoms with E-state index in [1.54, 1.807) is 0 Å². The van der Waals surface area contributed by atoms with Crippen LogP contribution in [-0.4, -0.2) is 33.3 Å². The lowest BCUT2D eigenvalue weighted by Gasteiger charge is -2.33. The van der Waals surface area contributed by atoms with Crippen LogP contribution in [-0.2, 0) is 20.1 Å². The molecule has 123 heavy (non-hydrogen) atoms. The third-order valence-corrected chi connectivity index (χ3v) is 25.6. The Labute approximate surface area is 726 Å². The van der Waals surface area contributed by atoms with Gasteiger partial charge in [-0.2, -0.15) is 0 Å². The van der Waals surface area contributed by atoms with E-state index in [1.165, 1.54) is 94.6 Å². The van der Waals surface area contributed by atoms with Gasteiger partial charge in [0.1, 0.15) is 22.3 Å². The molecule has 20 aromatic rings. The van der Waals surface area contributed by atoms with Gasteiger partial charge < -0.3 is 25.6 Å². The number of furan rings is 2. The van der Waals surface area contributed by atoms with Crippen molar-refractivity contribution in [1.82, 2.24) is 15.0 Å². The standard InChI is InChI=1S/C55H36O.C37H31BO3.C21H14BrN3.CH3/c1-5-17-37(18-6-1)41-32-42(38-19-7-2-8-20-38)34-43(33-41)39-21-15-22-40(31-39)46-28-16-29-48-50-35-49-47-27-13-14-30-51(47)55(44-23-9-3-10-24-44,45-25-11-4-12-26-45)52(49)36-53(50)56-54(46)48;1-35(2)36(3,4)41-38(40-35)32-21-13-19-27-29-22-28-26-18-11-12-20-30(26)37(24-14-7-5-8-15-24,25-16-9-6-10-17-25)31(28)23-33(29)39-34(27)32;22-18-13-7-12-17(14-18)21-24-19(15-8-3-1-4-9-15)23-20(25-21)16-10-5-2-6-11-16;/h1-36H;5-23H,1-4H3;1-14H;1H3/q;;;-1. The number of fused-ring (bicyclic) bond motifs is 12. The van der Waals surface area contributed by atoms with E-state index in [0.717, 1.165) is 87.2 Å². The van der Waals surface area contributed by atoms with Gasteiger partial charge in [0.15, 0.2) is 17.5 Å². The molecule has 0 N–H and O–H groups in total. The van der Waals surface area contributed by atoms with Crippen molar-refractivity contribution in [1.29, 1.82) is 0 Å². The summed E-state index contributed by atoms with van der Waals surface area (Å²) in [5.41, 5.74) is 29.9. The van der Waals surface area contributed by atoms with Crippen LogP contribution < -0.4 is 5.46 Å². The summed E-state index contributed by atoms with van der Waals surface area (Å²) in [6, 6.07) is 149. The zero-order valence-electron chi connectivity index (χ0n) is 68.8. The van der Waals surface area contributed by atoms with Crippen LogP contribution in [0.5, 0.6) is 0 Å². The molecule has 1 fully saturated rings. The predicted octanol–water partition coefficient (Wildman–Crippen LogP) is 29.0. The topological polar surface area (TPSA) is 83.4 Å². The van der Waals surface area contributed by atoms with E-state index in [1.807, 2.05) is 84.9 Å². The second kappa shape index (κ2) is 31.8. The van der Waals surface area contributed by atoms with E-state index in [9.17, 15) is 0 Å². The highest BCUT2D eigenvalue weighted by Crippen LogP contribution is 2.60. The SMILES string of the molecule is Brc1cccc(-c2nc(-c3ccccc3)nc(-c3ccccc3)n2)c1.CC1(C)OB(c2cccc3c2oc2cc4c(cc23)-c2ccccc2C4(c2ccccc2)c2ccccc2)OC1(C)C.[CH3-].c1ccc(-c2cc(-c3ccccc3)cc(-c3cccc(-c4cccc5c4oc4cc6c(cc45)-c4ccccc4C6(c4ccccc4)c4ccccc4)c3)c2)cc1. The molecule has 7 nitrogen and oxygen atoms in total. The summed E-state index contributed by atoms with van der Waals surface area (Å²) < 4.78 is 27.7. The number of hydrogen-bond acceptors (Lipinski definition) is 7. The predicted molar refractivity (Wildman–Crippen MR) is 510 cm³/mol. The molecule has 0 amide bonds. The first kappa shape index (κ1) is 77.4. The molecule has 9 heteroatoms. The van der Waals surface area contributed by atoms with Gasteiger partial charge in [0.25, 0.3) is 0 Å². The number of benzene rings is 17. The molecule has 590 valence electrons. The molecule has 0 spiro atoms. The Kier molecular flexibility index (Phi) is 20.0. The van der Waals surface area contributed by atoms with Crippen molar-refractivity contribution in [3.8, 4) is 101 Å². The molecular formula is C114H84BBrN3O4-. The highest BCUT2D eigenvalue weighted by molar-refractivity contribution is 9.10. The first-order valence-electron chi connectivity index (χ1n) is 41.6. The van der Waals surface area contributed by atoms with Gasteiger partial charge in [-0.1, -0.05) is 374 Å². The maximum atomic E-state index is 7.03. The van der Waals surface area contributed by atoms with Crippen molar-refractivity contribution in [3.63, 3.8) is 0 Å². The van der Waals surface area contributed by atoms with Gasteiger partial charge >= 0.3 is 7.12 Å². The van der Waals surface area contributed by atoms with Gasteiger partial charge in [0, 0.05) is 53.7 Å². The van der Waals surface area contributed by atoms with Crippen LogP contribution in [0.1, 0.15) is 72.2 Å². The van der Waals surface area contributed by atoms with Crippen molar-refractivity contribution in [3.05, 3.63) is 475 Å². The largest absolute Gasteiger partial charge is 0.498 e. The Morgan fingerprint density at radius 2 is 0.569 bits per heavy atom. The van der Waals surface area contributed by atoms with Gasteiger partial charge in [-0.15, -0.1) is 0 Å².